The molecule has 1 atom stereocenters. The van der Waals surface area contributed by atoms with Crippen LogP contribution in [-0.4, -0.2) is 19.1 Å². The Morgan fingerprint density at radius 1 is 1.47 bits per heavy atom. The molecule has 3 heteroatoms. The predicted molar refractivity (Wildman–Crippen MR) is 60.6 cm³/mol. The lowest BCUT2D eigenvalue weighted by molar-refractivity contribution is 0.506. The van der Waals surface area contributed by atoms with Gasteiger partial charge >= 0.3 is 0 Å². The van der Waals surface area contributed by atoms with Crippen LogP contribution in [-0.2, 0) is 0 Å². The van der Waals surface area contributed by atoms with Gasteiger partial charge in [0.15, 0.2) is 0 Å². The highest BCUT2D eigenvalue weighted by atomic mass is 15.1. The maximum atomic E-state index is 8.82. The number of hydrogen-bond acceptors (Lipinski definition) is 3. The molecular weight excluding hydrogens is 186 g/mol. The molecule has 0 saturated carbocycles. The van der Waals surface area contributed by atoms with Gasteiger partial charge in [0, 0.05) is 24.8 Å². The minimum atomic E-state index is 0.268. The molecule has 1 aromatic carbocycles. The van der Waals surface area contributed by atoms with Crippen LogP contribution in [0.5, 0.6) is 0 Å². The van der Waals surface area contributed by atoms with Crippen LogP contribution in [0.3, 0.4) is 0 Å². The van der Waals surface area contributed by atoms with Gasteiger partial charge in [-0.3, -0.25) is 0 Å². The molecule has 0 bridgehead atoms. The van der Waals surface area contributed by atoms with Crippen LogP contribution < -0.4 is 10.6 Å². The van der Waals surface area contributed by atoms with E-state index >= 15 is 0 Å². The number of nitrogens with two attached hydrogens (primary N) is 1. The van der Waals surface area contributed by atoms with Crippen molar-refractivity contribution in [1.29, 1.82) is 5.26 Å². The maximum Gasteiger partial charge on any atom is 0.0992 e. The van der Waals surface area contributed by atoms with E-state index in [4.69, 9.17) is 11.0 Å². The van der Waals surface area contributed by atoms with Crippen molar-refractivity contribution in [2.45, 2.75) is 18.9 Å². The second-order valence-corrected chi connectivity index (χ2v) is 4.01. The lowest BCUT2D eigenvalue weighted by Gasteiger charge is -2.32. The summed E-state index contributed by atoms with van der Waals surface area (Å²) in [6.45, 7) is 1.94. The fraction of sp³-hybridized carbons (Fsp3) is 0.417. The average Bonchev–Trinajstić information content (AvgIpc) is 2.29. The SMILES string of the molecule is N#Cc1cccc(N2CCCC(N)C2)c1. The molecule has 0 radical (unpaired) electrons. The van der Waals surface area contributed by atoms with Gasteiger partial charge in [0.2, 0.25) is 0 Å². The third kappa shape index (κ3) is 2.28. The highest BCUT2D eigenvalue weighted by Crippen LogP contribution is 2.20. The molecule has 1 fully saturated rings. The zero-order valence-corrected chi connectivity index (χ0v) is 8.69. The Balaban J connectivity index is 2.18. The lowest BCUT2D eigenvalue weighted by Crippen LogP contribution is -2.42. The number of benzene rings is 1. The lowest BCUT2D eigenvalue weighted by atomic mass is 10.1. The number of rotatable bonds is 1. The van der Waals surface area contributed by atoms with Crippen LogP contribution in [0.15, 0.2) is 24.3 Å². The normalized spacial score (nSPS) is 21.1. The molecule has 1 unspecified atom stereocenters. The molecule has 2 rings (SSSR count). The molecule has 2 N–H and O–H groups in total. The molecule has 1 aliphatic rings. The first kappa shape index (κ1) is 10.0. The Hall–Kier alpha value is -1.53. The molecule has 78 valence electrons. The number of nitrogens with zero attached hydrogens (tertiary/aromatic N) is 2. The number of piperidine rings is 1. The van der Waals surface area contributed by atoms with Crippen LogP contribution in [0.4, 0.5) is 5.69 Å². The number of anilines is 1. The van der Waals surface area contributed by atoms with Crippen molar-refractivity contribution in [1.82, 2.24) is 0 Å². The summed E-state index contributed by atoms with van der Waals surface area (Å²) in [5, 5.41) is 8.82. The zero-order valence-electron chi connectivity index (χ0n) is 8.69. The van der Waals surface area contributed by atoms with Gasteiger partial charge in [0.1, 0.15) is 0 Å². The van der Waals surface area contributed by atoms with Crippen LogP contribution in [0, 0.1) is 11.3 Å². The summed E-state index contributed by atoms with van der Waals surface area (Å²) in [6, 6.07) is 10.1. The van der Waals surface area contributed by atoms with E-state index in [1.54, 1.807) is 0 Å². The van der Waals surface area contributed by atoms with E-state index in [9.17, 15) is 0 Å². The number of nitriles is 1. The van der Waals surface area contributed by atoms with Crippen molar-refractivity contribution in [3.05, 3.63) is 29.8 Å². The smallest absolute Gasteiger partial charge is 0.0992 e. The van der Waals surface area contributed by atoms with E-state index in [-0.39, 0.29) is 6.04 Å². The van der Waals surface area contributed by atoms with Crippen molar-refractivity contribution < 1.29 is 0 Å². The fourth-order valence-corrected chi connectivity index (χ4v) is 2.02. The molecule has 0 aliphatic carbocycles. The minimum Gasteiger partial charge on any atom is -0.370 e. The molecule has 0 spiro atoms. The van der Waals surface area contributed by atoms with Gasteiger partial charge in [-0.1, -0.05) is 6.07 Å². The third-order valence-electron chi connectivity index (χ3n) is 2.80. The van der Waals surface area contributed by atoms with Crippen molar-refractivity contribution >= 4 is 5.69 Å². The quantitative estimate of drug-likeness (QED) is 0.749. The van der Waals surface area contributed by atoms with Crippen LogP contribution >= 0.6 is 0 Å². The van der Waals surface area contributed by atoms with E-state index in [1.807, 2.05) is 24.3 Å². The zero-order chi connectivity index (χ0) is 10.7. The van der Waals surface area contributed by atoms with Gasteiger partial charge in [-0.2, -0.15) is 5.26 Å². The first-order valence-corrected chi connectivity index (χ1v) is 5.30. The van der Waals surface area contributed by atoms with Crippen LogP contribution in [0.2, 0.25) is 0 Å². The van der Waals surface area contributed by atoms with E-state index < -0.39 is 0 Å². The fourth-order valence-electron chi connectivity index (χ4n) is 2.02. The molecule has 1 heterocycles. The van der Waals surface area contributed by atoms with Crippen molar-refractivity contribution in [3.63, 3.8) is 0 Å². The minimum absolute atomic E-state index is 0.268. The summed E-state index contributed by atoms with van der Waals surface area (Å²) in [5.41, 5.74) is 7.76. The summed E-state index contributed by atoms with van der Waals surface area (Å²) in [4.78, 5) is 2.26. The van der Waals surface area contributed by atoms with Gasteiger partial charge in [0.05, 0.1) is 11.6 Å². The first-order chi connectivity index (χ1) is 7.29. The molecule has 0 amide bonds. The Morgan fingerprint density at radius 3 is 3.07 bits per heavy atom. The third-order valence-corrected chi connectivity index (χ3v) is 2.80. The summed E-state index contributed by atoms with van der Waals surface area (Å²) in [5.74, 6) is 0. The molecule has 1 aliphatic heterocycles. The summed E-state index contributed by atoms with van der Waals surface area (Å²) in [6.07, 6.45) is 2.24. The van der Waals surface area contributed by atoms with E-state index in [1.165, 1.54) is 0 Å². The predicted octanol–water partition coefficient (Wildman–Crippen LogP) is 1.49. The topological polar surface area (TPSA) is 53.0 Å². The van der Waals surface area contributed by atoms with E-state index in [0.29, 0.717) is 5.56 Å². The van der Waals surface area contributed by atoms with Gasteiger partial charge in [0.25, 0.3) is 0 Å². The second kappa shape index (κ2) is 4.33. The Morgan fingerprint density at radius 2 is 2.33 bits per heavy atom. The van der Waals surface area contributed by atoms with Crippen LogP contribution in [0.25, 0.3) is 0 Å². The standard InChI is InChI=1S/C12H15N3/c13-8-10-3-1-5-12(7-10)15-6-2-4-11(14)9-15/h1,3,5,7,11H,2,4,6,9,14H2. The van der Waals surface area contributed by atoms with Crippen molar-refractivity contribution in [3.8, 4) is 6.07 Å². The van der Waals surface area contributed by atoms with E-state index in [2.05, 4.69) is 11.0 Å². The second-order valence-electron chi connectivity index (χ2n) is 4.01. The molecule has 15 heavy (non-hydrogen) atoms. The Bertz CT molecular complexity index is 381. The molecule has 3 nitrogen and oxygen atoms in total. The Kier molecular flexibility index (Phi) is 2.89. The van der Waals surface area contributed by atoms with Gasteiger partial charge < -0.3 is 10.6 Å². The number of hydrogen-bond donors (Lipinski definition) is 1. The maximum absolute atomic E-state index is 8.82. The van der Waals surface area contributed by atoms with Gasteiger partial charge in [-0.15, -0.1) is 0 Å². The van der Waals surface area contributed by atoms with E-state index in [0.717, 1.165) is 31.6 Å². The average molecular weight is 201 g/mol. The van der Waals surface area contributed by atoms with Crippen molar-refractivity contribution in [2.75, 3.05) is 18.0 Å². The van der Waals surface area contributed by atoms with Gasteiger partial charge in [-0.25, -0.2) is 0 Å². The highest BCUT2D eigenvalue weighted by molar-refractivity contribution is 5.51. The van der Waals surface area contributed by atoms with Gasteiger partial charge in [-0.05, 0) is 31.0 Å². The highest BCUT2D eigenvalue weighted by Gasteiger charge is 2.16. The molecular formula is C12H15N3. The van der Waals surface area contributed by atoms with Crippen molar-refractivity contribution in [2.24, 2.45) is 5.73 Å². The van der Waals surface area contributed by atoms with Crippen LogP contribution in [0.1, 0.15) is 18.4 Å². The molecule has 1 saturated heterocycles. The summed E-state index contributed by atoms with van der Waals surface area (Å²) < 4.78 is 0. The first-order valence-electron chi connectivity index (χ1n) is 5.30. The molecule has 1 aromatic rings. The summed E-state index contributed by atoms with van der Waals surface area (Å²) >= 11 is 0. The Labute approximate surface area is 90.1 Å². The summed E-state index contributed by atoms with van der Waals surface area (Å²) in [7, 11) is 0. The molecule has 0 aromatic heterocycles. The monoisotopic (exact) mass is 201 g/mol. The largest absolute Gasteiger partial charge is 0.370 e.